The lowest BCUT2D eigenvalue weighted by molar-refractivity contribution is 0.0922. The zero-order chi connectivity index (χ0) is 19.8. The van der Waals surface area contributed by atoms with Gasteiger partial charge in [0.2, 0.25) is 11.2 Å². The summed E-state index contributed by atoms with van der Waals surface area (Å²) in [5.41, 5.74) is 1.45. The van der Waals surface area contributed by atoms with Gasteiger partial charge in [0.25, 0.3) is 5.91 Å². The minimum absolute atomic E-state index is 0.00930. The third-order valence-corrected chi connectivity index (χ3v) is 4.10. The van der Waals surface area contributed by atoms with Crippen molar-refractivity contribution in [3.63, 3.8) is 0 Å². The van der Waals surface area contributed by atoms with E-state index in [1.165, 1.54) is 17.7 Å². The Labute approximate surface area is 161 Å². The first-order valence-corrected chi connectivity index (χ1v) is 8.94. The van der Waals surface area contributed by atoms with Crippen LogP contribution in [0.5, 0.6) is 5.75 Å². The molecule has 0 aliphatic rings. The summed E-state index contributed by atoms with van der Waals surface area (Å²) in [5.74, 6) is -0.874. The topological polar surface area (TPSA) is 68.5 Å². The van der Waals surface area contributed by atoms with Crippen LogP contribution in [0.2, 0.25) is 0 Å². The van der Waals surface area contributed by atoms with Gasteiger partial charge in [-0.1, -0.05) is 42.5 Å². The summed E-state index contributed by atoms with van der Waals surface area (Å²) in [6.07, 6.45) is 2.74. The molecular formula is C22H20FNO4. The van der Waals surface area contributed by atoms with E-state index in [4.69, 9.17) is 9.15 Å². The Kier molecular flexibility index (Phi) is 6.57. The second-order valence-electron chi connectivity index (χ2n) is 6.23. The number of halogens is 1. The molecule has 3 aromatic rings. The van der Waals surface area contributed by atoms with E-state index in [1.54, 1.807) is 12.1 Å². The SMILES string of the molecule is O=C(NCCCc1ccccc1)c1cc(=O)c(OCc2ccc(F)cc2)co1. The number of rotatable bonds is 8. The van der Waals surface area contributed by atoms with Crippen molar-refractivity contribution >= 4 is 5.91 Å². The van der Waals surface area contributed by atoms with Crippen molar-refractivity contribution in [3.8, 4) is 5.75 Å². The molecule has 0 radical (unpaired) electrons. The number of aryl methyl sites for hydroxylation is 1. The molecule has 2 aromatic carbocycles. The Morgan fingerprint density at radius 2 is 1.79 bits per heavy atom. The van der Waals surface area contributed by atoms with Crippen molar-refractivity contribution < 1.29 is 18.3 Å². The second-order valence-corrected chi connectivity index (χ2v) is 6.23. The molecular weight excluding hydrogens is 361 g/mol. The van der Waals surface area contributed by atoms with Gasteiger partial charge in [0, 0.05) is 12.6 Å². The lowest BCUT2D eigenvalue weighted by atomic mass is 10.1. The molecule has 1 amide bonds. The maximum atomic E-state index is 12.9. The van der Waals surface area contributed by atoms with E-state index in [2.05, 4.69) is 5.32 Å². The van der Waals surface area contributed by atoms with Crippen LogP contribution in [-0.2, 0) is 13.0 Å². The lowest BCUT2D eigenvalue weighted by Crippen LogP contribution is -2.25. The third kappa shape index (κ3) is 5.54. The molecule has 144 valence electrons. The molecule has 0 aliphatic heterocycles. The molecule has 1 N–H and O–H groups in total. The molecule has 5 nitrogen and oxygen atoms in total. The Hall–Kier alpha value is -3.41. The zero-order valence-corrected chi connectivity index (χ0v) is 15.2. The number of carbonyl (C=O) groups excluding carboxylic acids is 1. The highest BCUT2D eigenvalue weighted by atomic mass is 19.1. The first kappa shape index (κ1) is 19.4. The van der Waals surface area contributed by atoms with Crippen molar-refractivity contribution in [1.29, 1.82) is 0 Å². The van der Waals surface area contributed by atoms with Gasteiger partial charge in [0.15, 0.2) is 5.76 Å². The van der Waals surface area contributed by atoms with Gasteiger partial charge in [-0.15, -0.1) is 0 Å². The van der Waals surface area contributed by atoms with E-state index < -0.39 is 11.3 Å². The molecule has 3 rings (SSSR count). The minimum atomic E-state index is -0.456. The van der Waals surface area contributed by atoms with Crippen molar-refractivity contribution in [2.75, 3.05) is 6.54 Å². The van der Waals surface area contributed by atoms with Gasteiger partial charge in [0.05, 0.1) is 0 Å². The monoisotopic (exact) mass is 381 g/mol. The first-order valence-electron chi connectivity index (χ1n) is 8.94. The number of ether oxygens (including phenoxy) is 1. The smallest absolute Gasteiger partial charge is 0.287 e. The van der Waals surface area contributed by atoms with Gasteiger partial charge < -0.3 is 14.5 Å². The molecule has 0 bridgehead atoms. The van der Waals surface area contributed by atoms with Gasteiger partial charge >= 0.3 is 0 Å². The zero-order valence-electron chi connectivity index (χ0n) is 15.2. The predicted octanol–water partition coefficient (Wildman–Crippen LogP) is 3.72. The molecule has 0 atom stereocenters. The van der Waals surface area contributed by atoms with E-state index in [0.29, 0.717) is 12.1 Å². The number of amides is 1. The standard InChI is InChI=1S/C22H20FNO4/c23-18-10-8-17(9-11-18)14-27-21-15-28-20(13-19(21)25)22(26)24-12-4-7-16-5-2-1-3-6-16/h1-3,5-6,8-11,13,15H,4,7,12,14H2,(H,24,26). The Morgan fingerprint density at radius 3 is 2.50 bits per heavy atom. The van der Waals surface area contributed by atoms with Crippen LogP contribution in [0.25, 0.3) is 0 Å². The number of hydrogen-bond acceptors (Lipinski definition) is 4. The van der Waals surface area contributed by atoms with Crippen LogP contribution >= 0.6 is 0 Å². The maximum absolute atomic E-state index is 12.9. The van der Waals surface area contributed by atoms with Crippen LogP contribution in [0.1, 0.15) is 28.1 Å². The number of benzene rings is 2. The molecule has 0 saturated carbocycles. The van der Waals surface area contributed by atoms with Crippen LogP contribution < -0.4 is 15.5 Å². The van der Waals surface area contributed by atoms with E-state index in [9.17, 15) is 14.0 Å². The van der Waals surface area contributed by atoms with Crippen molar-refractivity contribution in [1.82, 2.24) is 5.32 Å². The number of carbonyl (C=O) groups is 1. The Balaban J connectivity index is 1.49. The number of nitrogens with one attached hydrogen (secondary N) is 1. The molecule has 0 fully saturated rings. The van der Waals surface area contributed by atoms with E-state index >= 15 is 0 Å². The quantitative estimate of drug-likeness (QED) is 0.604. The molecule has 0 unspecified atom stereocenters. The Morgan fingerprint density at radius 1 is 1.04 bits per heavy atom. The highest BCUT2D eigenvalue weighted by Crippen LogP contribution is 2.10. The molecule has 6 heteroatoms. The second kappa shape index (κ2) is 9.50. The maximum Gasteiger partial charge on any atom is 0.287 e. The van der Waals surface area contributed by atoms with Gasteiger partial charge in [0.1, 0.15) is 18.7 Å². The van der Waals surface area contributed by atoms with Crippen molar-refractivity contribution in [2.45, 2.75) is 19.4 Å². The van der Waals surface area contributed by atoms with E-state index in [1.807, 2.05) is 30.3 Å². The molecule has 0 spiro atoms. The van der Waals surface area contributed by atoms with Gasteiger partial charge in [-0.3, -0.25) is 9.59 Å². The summed E-state index contributed by atoms with van der Waals surface area (Å²) in [7, 11) is 0. The summed E-state index contributed by atoms with van der Waals surface area (Å²) in [5, 5.41) is 2.73. The summed E-state index contributed by atoms with van der Waals surface area (Å²) in [4.78, 5) is 24.2. The third-order valence-electron chi connectivity index (χ3n) is 4.10. The lowest BCUT2D eigenvalue weighted by Gasteiger charge is -2.07. The summed E-state index contributed by atoms with van der Waals surface area (Å²) >= 11 is 0. The summed E-state index contributed by atoms with van der Waals surface area (Å²) in [6.45, 7) is 0.566. The molecule has 28 heavy (non-hydrogen) atoms. The van der Waals surface area contributed by atoms with Gasteiger partial charge in [-0.05, 0) is 36.1 Å². The molecule has 0 saturated heterocycles. The van der Waals surface area contributed by atoms with Crippen LogP contribution in [0.15, 0.2) is 76.1 Å². The minimum Gasteiger partial charge on any atom is -0.482 e. The average Bonchev–Trinajstić information content (AvgIpc) is 2.72. The van der Waals surface area contributed by atoms with E-state index in [-0.39, 0.29) is 23.9 Å². The largest absolute Gasteiger partial charge is 0.482 e. The predicted molar refractivity (Wildman–Crippen MR) is 103 cm³/mol. The van der Waals surface area contributed by atoms with Crippen molar-refractivity contribution in [3.05, 3.63) is 99.9 Å². The first-order chi connectivity index (χ1) is 13.6. The molecule has 0 aliphatic carbocycles. The fourth-order valence-electron chi connectivity index (χ4n) is 2.59. The summed E-state index contributed by atoms with van der Waals surface area (Å²) < 4.78 is 23.5. The van der Waals surface area contributed by atoms with Crippen molar-refractivity contribution in [2.24, 2.45) is 0 Å². The fourth-order valence-corrected chi connectivity index (χ4v) is 2.59. The normalized spacial score (nSPS) is 10.5. The summed E-state index contributed by atoms with van der Waals surface area (Å²) in [6, 6.07) is 16.8. The van der Waals surface area contributed by atoms with Crippen LogP contribution in [0.4, 0.5) is 4.39 Å². The number of hydrogen-bond donors (Lipinski definition) is 1. The van der Waals surface area contributed by atoms with Crippen LogP contribution in [0, 0.1) is 5.82 Å². The highest BCUT2D eigenvalue weighted by Gasteiger charge is 2.12. The van der Waals surface area contributed by atoms with Gasteiger partial charge in [-0.2, -0.15) is 0 Å². The molecule has 1 aromatic heterocycles. The Bertz CT molecular complexity index is 968. The van der Waals surface area contributed by atoms with E-state index in [0.717, 1.165) is 25.2 Å². The average molecular weight is 381 g/mol. The van der Waals surface area contributed by atoms with Crippen LogP contribution in [0.3, 0.4) is 0 Å². The fraction of sp³-hybridized carbons (Fsp3) is 0.182. The van der Waals surface area contributed by atoms with Gasteiger partial charge in [-0.25, -0.2) is 4.39 Å². The molecule has 1 heterocycles. The highest BCUT2D eigenvalue weighted by molar-refractivity contribution is 5.91. The van der Waals surface area contributed by atoms with Crippen LogP contribution in [-0.4, -0.2) is 12.5 Å².